The van der Waals surface area contributed by atoms with Gasteiger partial charge in [-0.3, -0.25) is 4.98 Å². The Labute approximate surface area is 112 Å². The van der Waals surface area contributed by atoms with Crippen LogP contribution in [0.5, 0.6) is 0 Å². The number of hydrogen-bond acceptors (Lipinski definition) is 2. The molecule has 1 heterocycles. The Bertz CT molecular complexity index is 546. The highest BCUT2D eigenvalue weighted by atomic mass is 79.9. The van der Waals surface area contributed by atoms with Crippen molar-refractivity contribution in [3.8, 4) is 0 Å². The van der Waals surface area contributed by atoms with E-state index in [1.165, 1.54) is 18.2 Å². The van der Waals surface area contributed by atoms with E-state index in [1.54, 1.807) is 12.3 Å². The summed E-state index contributed by atoms with van der Waals surface area (Å²) in [4.78, 5) is 3.76. The van der Waals surface area contributed by atoms with Crippen LogP contribution in [0, 0.1) is 11.6 Å². The van der Waals surface area contributed by atoms with Crippen molar-refractivity contribution in [2.45, 2.75) is 13.1 Å². The van der Waals surface area contributed by atoms with Gasteiger partial charge < -0.3 is 5.32 Å². The fourth-order valence-electron chi connectivity index (χ4n) is 1.57. The number of nitrogens with zero attached hydrogens (tertiary/aromatic N) is 1. The molecule has 0 spiro atoms. The zero-order valence-corrected chi connectivity index (χ0v) is 11.0. The van der Waals surface area contributed by atoms with Gasteiger partial charge in [0.25, 0.3) is 0 Å². The molecule has 0 aliphatic carbocycles. The fraction of sp³-hybridized carbons (Fsp3) is 0.154. The summed E-state index contributed by atoms with van der Waals surface area (Å²) < 4.78 is 26.8. The van der Waals surface area contributed by atoms with Crippen LogP contribution in [0.4, 0.5) is 8.78 Å². The molecule has 1 N–H and O–H groups in total. The van der Waals surface area contributed by atoms with E-state index in [0.717, 1.165) is 21.8 Å². The van der Waals surface area contributed by atoms with E-state index in [-0.39, 0.29) is 11.6 Å². The summed E-state index contributed by atoms with van der Waals surface area (Å²) in [5.41, 5.74) is 1.57. The number of pyridine rings is 1. The molecule has 2 rings (SSSR count). The molecule has 0 atom stereocenters. The number of hydrogen-bond donors (Lipinski definition) is 1. The molecular formula is C13H11BrF2N2. The van der Waals surface area contributed by atoms with E-state index < -0.39 is 0 Å². The Morgan fingerprint density at radius 2 is 1.89 bits per heavy atom. The monoisotopic (exact) mass is 312 g/mol. The third-order valence-corrected chi connectivity index (χ3v) is 3.19. The molecule has 18 heavy (non-hydrogen) atoms. The van der Waals surface area contributed by atoms with Gasteiger partial charge in [-0.05, 0) is 35.4 Å². The molecule has 2 aromatic rings. The maximum absolute atomic E-state index is 13.0. The summed E-state index contributed by atoms with van der Waals surface area (Å²) in [6, 6.07) is 5.93. The van der Waals surface area contributed by atoms with Crippen LogP contribution in [0.1, 0.15) is 11.1 Å². The number of nitrogens with one attached hydrogen (secondary N) is 1. The molecule has 0 aliphatic rings. The molecule has 94 valence electrons. The molecule has 5 heteroatoms. The van der Waals surface area contributed by atoms with Crippen molar-refractivity contribution < 1.29 is 8.78 Å². The van der Waals surface area contributed by atoms with Crippen molar-refractivity contribution in [2.75, 3.05) is 0 Å². The predicted molar refractivity (Wildman–Crippen MR) is 68.8 cm³/mol. The van der Waals surface area contributed by atoms with E-state index in [9.17, 15) is 8.78 Å². The summed E-state index contributed by atoms with van der Waals surface area (Å²) >= 11 is 3.35. The molecule has 1 aromatic carbocycles. The molecule has 0 amide bonds. The van der Waals surface area contributed by atoms with Gasteiger partial charge in [-0.1, -0.05) is 15.9 Å². The van der Waals surface area contributed by atoms with Crippen LogP contribution in [0.3, 0.4) is 0 Å². The van der Waals surface area contributed by atoms with Crippen LogP contribution in [0.25, 0.3) is 0 Å². The SMILES string of the molecule is Fc1cncc(CNCc2cc(F)ccc2Br)c1. The normalized spacial score (nSPS) is 10.6. The first-order valence-corrected chi connectivity index (χ1v) is 6.18. The zero-order chi connectivity index (χ0) is 13.0. The van der Waals surface area contributed by atoms with Crippen molar-refractivity contribution in [1.29, 1.82) is 0 Å². The quantitative estimate of drug-likeness (QED) is 0.936. The third-order valence-electron chi connectivity index (χ3n) is 2.41. The van der Waals surface area contributed by atoms with Crippen LogP contribution in [-0.2, 0) is 13.1 Å². The molecule has 0 radical (unpaired) electrons. The second kappa shape index (κ2) is 6.02. The summed E-state index contributed by atoms with van der Waals surface area (Å²) in [5.74, 6) is -0.636. The molecular weight excluding hydrogens is 302 g/mol. The average molecular weight is 313 g/mol. The Morgan fingerprint density at radius 3 is 2.67 bits per heavy atom. The predicted octanol–water partition coefficient (Wildman–Crippen LogP) is 3.41. The van der Waals surface area contributed by atoms with Gasteiger partial charge >= 0.3 is 0 Å². The van der Waals surface area contributed by atoms with Crippen molar-refractivity contribution in [3.05, 3.63) is 63.9 Å². The molecule has 0 saturated heterocycles. The van der Waals surface area contributed by atoms with E-state index >= 15 is 0 Å². The molecule has 0 aliphatic heterocycles. The van der Waals surface area contributed by atoms with Gasteiger partial charge in [0, 0.05) is 23.8 Å². The standard InChI is InChI=1S/C13H11BrF2N2/c14-13-2-1-11(15)4-10(13)7-17-5-9-3-12(16)8-18-6-9/h1-4,6,8,17H,5,7H2. The lowest BCUT2D eigenvalue weighted by atomic mass is 10.2. The van der Waals surface area contributed by atoms with Crippen molar-refractivity contribution in [3.63, 3.8) is 0 Å². The highest BCUT2D eigenvalue weighted by Gasteiger charge is 2.02. The first-order valence-electron chi connectivity index (χ1n) is 5.39. The van der Waals surface area contributed by atoms with Crippen LogP contribution in [0.15, 0.2) is 41.1 Å². The Kier molecular flexibility index (Phi) is 4.38. The Balaban J connectivity index is 1.94. The molecule has 0 bridgehead atoms. The topological polar surface area (TPSA) is 24.9 Å². The summed E-state index contributed by atoms with van der Waals surface area (Å²) in [7, 11) is 0. The third kappa shape index (κ3) is 3.58. The van der Waals surface area contributed by atoms with Crippen LogP contribution in [0.2, 0.25) is 0 Å². The van der Waals surface area contributed by atoms with Crippen LogP contribution >= 0.6 is 15.9 Å². The van der Waals surface area contributed by atoms with Gasteiger partial charge in [0.05, 0.1) is 6.20 Å². The highest BCUT2D eigenvalue weighted by Crippen LogP contribution is 2.17. The lowest BCUT2D eigenvalue weighted by Crippen LogP contribution is -2.13. The number of benzene rings is 1. The maximum atomic E-state index is 13.0. The van der Waals surface area contributed by atoms with E-state index in [4.69, 9.17) is 0 Å². The smallest absolute Gasteiger partial charge is 0.141 e. The first kappa shape index (κ1) is 13.1. The summed E-state index contributed by atoms with van der Waals surface area (Å²) in [6.45, 7) is 0.975. The highest BCUT2D eigenvalue weighted by molar-refractivity contribution is 9.10. The first-order chi connectivity index (χ1) is 8.65. The fourth-order valence-corrected chi connectivity index (χ4v) is 1.96. The number of halogens is 3. The van der Waals surface area contributed by atoms with E-state index in [2.05, 4.69) is 26.2 Å². The van der Waals surface area contributed by atoms with Crippen molar-refractivity contribution >= 4 is 15.9 Å². The molecule has 2 nitrogen and oxygen atoms in total. The molecule has 1 aromatic heterocycles. The minimum Gasteiger partial charge on any atom is -0.309 e. The zero-order valence-electron chi connectivity index (χ0n) is 9.46. The molecule has 0 saturated carbocycles. The number of aromatic nitrogens is 1. The van der Waals surface area contributed by atoms with Gasteiger partial charge in [-0.25, -0.2) is 8.78 Å². The van der Waals surface area contributed by atoms with Crippen LogP contribution < -0.4 is 5.32 Å². The van der Waals surface area contributed by atoms with Crippen LogP contribution in [-0.4, -0.2) is 4.98 Å². The lowest BCUT2D eigenvalue weighted by Gasteiger charge is -2.07. The maximum Gasteiger partial charge on any atom is 0.141 e. The second-order valence-corrected chi connectivity index (χ2v) is 4.71. The minimum absolute atomic E-state index is 0.276. The molecule has 0 unspecified atom stereocenters. The van der Waals surface area contributed by atoms with E-state index in [1.807, 2.05) is 0 Å². The minimum atomic E-state index is -0.360. The van der Waals surface area contributed by atoms with Gasteiger partial charge in [-0.15, -0.1) is 0 Å². The van der Waals surface area contributed by atoms with E-state index in [0.29, 0.717) is 13.1 Å². The molecule has 0 fully saturated rings. The van der Waals surface area contributed by atoms with Crippen molar-refractivity contribution in [1.82, 2.24) is 10.3 Å². The van der Waals surface area contributed by atoms with Gasteiger partial charge in [0.1, 0.15) is 11.6 Å². The van der Waals surface area contributed by atoms with Crippen molar-refractivity contribution in [2.24, 2.45) is 0 Å². The average Bonchev–Trinajstić information content (AvgIpc) is 2.34. The second-order valence-electron chi connectivity index (χ2n) is 3.85. The largest absolute Gasteiger partial charge is 0.309 e. The number of rotatable bonds is 4. The van der Waals surface area contributed by atoms with Gasteiger partial charge in [-0.2, -0.15) is 0 Å². The summed E-state index contributed by atoms with van der Waals surface area (Å²) in [6.07, 6.45) is 2.75. The Hall–Kier alpha value is -1.33. The lowest BCUT2D eigenvalue weighted by molar-refractivity contribution is 0.609. The van der Waals surface area contributed by atoms with Gasteiger partial charge in [0.2, 0.25) is 0 Å². The Morgan fingerprint density at radius 1 is 1.06 bits per heavy atom. The summed E-state index contributed by atoms with van der Waals surface area (Å²) in [5, 5.41) is 3.11. The van der Waals surface area contributed by atoms with Gasteiger partial charge in [0.15, 0.2) is 0 Å².